The van der Waals surface area contributed by atoms with Crippen LogP contribution >= 0.6 is 11.3 Å². The lowest BCUT2D eigenvalue weighted by Crippen LogP contribution is -2.13. The van der Waals surface area contributed by atoms with E-state index in [-0.39, 0.29) is 27.7 Å². The minimum absolute atomic E-state index is 0.0920. The van der Waals surface area contributed by atoms with Crippen molar-refractivity contribution in [2.75, 3.05) is 5.32 Å². The lowest BCUT2D eigenvalue weighted by atomic mass is 10.1. The third-order valence-electron chi connectivity index (χ3n) is 2.55. The second-order valence-electron chi connectivity index (χ2n) is 4.12. The molecule has 0 saturated carbocycles. The van der Waals surface area contributed by atoms with Crippen LogP contribution in [0.25, 0.3) is 0 Å². The number of aromatic nitrogens is 2. The number of anilines is 1. The van der Waals surface area contributed by atoms with E-state index in [1.54, 1.807) is 0 Å². The van der Waals surface area contributed by atoms with Gasteiger partial charge in [-0.25, -0.2) is 0 Å². The number of benzene rings is 1. The summed E-state index contributed by atoms with van der Waals surface area (Å²) in [4.78, 5) is 21.9. The highest BCUT2D eigenvalue weighted by Crippen LogP contribution is 2.33. The maximum Gasteiger partial charge on any atom is 0.445 e. The van der Waals surface area contributed by atoms with Gasteiger partial charge in [0, 0.05) is 17.7 Å². The maximum absolute atomic E-state index is 12.4. The third-order valence-corrected chi connectivity index (χ3v) is 3.44. The van der Waals surface area contributed by atoms with E-state index in [1.807, 2.05) is 0 Å². The van der Waals surface area contributed by atoms with Crippen molar-refractivity contribution in [3.63, 3.8) is 0 Å². The smallest absolute Gasteiger partial charge is 0.296 e. The van der Waals surface area contributed by atoms with Gasteiger partial charge in [0.05, 0.1) is 4.92 Å². The van der Waals surface area contributed by atoms with Crippen molar-refractivity contribution in [3.8, 4) is 0 Å². The molecule has 0 saturated heterocycles. The largest absolute Gasteiger partial charge is 0.445 e. The van der Waals surface area contributed by atoms with Gasteiger partial charge in [-0.2, -0.15) is 13.2 Å². The molecule has 0 aliphatic rings. The predicted molar refractivity (Wildman–Crippen MR) is 70.7 cm³/mol. The third kappa shape index (κ3) is 3.36. The molecular weight excluding hydrogens is 325 g/mol. The molecule has 0 fully saturated rings. The predicted octanol–water partition coefficient (Wildman–Crippen LogP) is 3.03. The van der Waals surface area contributed by atoms with E-state index in [9.17, 15) is 28.1 Å². The fraction of sp³-hybridized carbons (Fsp3) is 0.182. The van der Waals surface area contributed by atoms with E-state index in [2.05, 4.69) is 15.5 Å². The Morgan fingerprint density at radius 2 is 2.05 bits per heavy atom. The number of carbonyl (C=O) groups excluding carboxylic acids is 1. The van der Waals surface area contributed by atoms with Gasteiger partial charge in [0.2, 0.25) is 10.1 Å². The number of alkyl halides is 3. The molecule has 7 nitrogen and oxygen atoms in total. The zero-order valence-electron chi connectivity index (χ0n) is 10.8. The van der Waals surface area contributed by atoms with Gasteiger partial charge in [-0.1, -0.05) is 11.3 Å². The van der Waals surface area contributed by atoms with E-state index >= 15 is 0 Å². The summed E-state index contributed by atoms with van der Waals surface area (Å²) in [6, 6.07) is 3.54. The van der Waals surface area contributed by atoms with Gasteiger partial charge in [-0.05, 0) is 18.6 Å². The molecule has 0 spiro atoms. The Bertz CT molecular complexity index is 744. The van der Waals surface area contributed by atoms with Gasteiger partial charge >= 0.3 is 6.18 Å². The summed E-state index contributed by atoms with van der Waals surface area (Å²) in [7, 11) is 0. The average Bonchev–Trinajstić information content (AvgIpc) is 2.86. The molecule has 1 amide bonds. The maximum atomic E-state index is 12.4. The van der Waals surface area contributed by atoms with Crippen molar-refractivity contribution in [2.45, 2.75) is 13.1 Å². The number of amides is 1. The van der Waals surface area contributed by atoms with E-state index in [0.29, 0.717) is 5.56 Å². The highest BCUT2D eigenvalue weighted by Gasteiger charge is 2.35. The van der Waals surface area contributed by atoms with Crippen molar-refractivity contribution in [1.82, 2.24) is 10.2 Å². The van der Waals surface area contributed by atoms with Crippen LogP contribution < -0.4 is 5.32 Å². The van der Waals surface area contributed by atoms with Crippen LogP contribution in [0.4, 0.5) is 24.0 Å². The zero-order valence-corrected chi connectivity index (χ0v) is 11.7. The fourth-order valence-corrected chi connectivity index (χ4v) is 2.17. The minimum Gasteiger partial charge on any atom is -0.296 e. The van der Waals surface area contributed by atoms with E-state index in [4.69, 9.17) is 0 Å². The minimum atomic E-state index is -4.64. The second-order valence-corrected chi connectivity index (χ2v) is 5.10. The highest BCUT2D eigenvalue weighted by atomic mass is 32.1. The average molecular weight is 332 g/mol. The van der Waals surface area contributed by atoms with Crippen LogP contribution in [0, 0.1) is 17.0 Å². The first kappa shape index (κ1) is 15.8. The molecule has 22 heavy (non-hydrogen) atoms. The van der Waals surface area contributed by atoms with Crippen LogP contribution in [-0.2, 0) is 6.18 Å². The molecule has 2 aromatic rings. The second kappa shape index (κ2) is 5.67. The van der Waals surface area contributed by atoms with Gasteiger partial charge < -0.3 is 0 Å². The first-order chi connectivity index (χ1) is 10.2. The molecule has 2 rings (SSSR count). The summed E-state index contributed by atoms with van der Waals surface area (Å²) in [5.41, 5.74) is 0.214. The number of rotatable bonds is 3. The van der Waals surface area contributed by atoms with Crippen molar-refractivity contribution in [1.29, 1.82) is 0 Å². The number of aryl methyl sites for hydroxylation is 1. The van der Waals surface area contributed by atoms with Crippen molar-refractivity contribution in [2.24, 2.45) is 0 Å². The van der Waals surface area contributed by atoms with Crippen molar-refractivity contribution in [3.05, 3.63) is 44.4 Å². The first-order valence-electron chi connectivity index (χ1n) is 5.65. The van der Waals surface area contributed by atoms with Gasteiger partial charge in [0.1, 0.15) is 0 Å². The molecule has 1 aromatic heterocycles. The quantitative estimate of drug-likeness (QED) is 0.688. The molecule has 0 aliphatic heterocycles. The Morgan fingerprint density at radius 1 is 1.36 bits per heavy atom. The lowest BCUT2D eigenvalue weighted by molar-refractivity contribution is -0.384. The molecule has 0 aliphatic carbocycles. The number of nitrogens with zero attached hydrogens (tertiary/aromatic N) is 3. The number of carbonyl (C=O) groups is 1. The van der Waals surface area contributed by atoms with Crippen LogP contribution in [0.2, 0.25) is 0 Å². The summed E-state index contributed by atoms with van der Waals surface area (Å²) in [5.74, 6) is -0.725. The fourth-order valence-electron chi connectivity index (χ4n) is 1.57. The SMILES string of the molecule is Cc1cc([N+](=O)[O-])ccc1C(=O)Nc1nnc(C(F)(F)F)s1. The molecule has 1 N–H and O–H groups in total. The Kier molecular flexibility index (Phi) is 4.08. The number of nitro groups is 1. The summed E-state index contributed by atoms with van der Waals surface area (Å²) in [6.45, 7) is 1.48. The summed E-state index contributed by atoms with van der Waals surface area (Å²) < 4.78 is 37.1. The molecule has 0 atom stereocenters. The molecule has 1 heterocycles. The normalized spacial score (nSPS) is 11.3. The number of nitrogens with one attached hydrogen (secondary N) is 1. The molecule has 0 bridgehead atoms. The number of halogens is 3. The molecule has 1 aromatic carbocycles. The molecule has 11 heteroatoms. The monoisotopic (exact) mass is 332 g/mol. The van der Waals surface area contributed by atoms with Crippen molar-refractivity contribution < 1.29 is 22.9 Å². The summed E-state index contributed by atoms with van der Waals surface area (Å²) in [6.07, 6.45) is -4.64. The van der Waals surface area contributed by atoms with Gasteiger partial charge in [0.15, 0.2) is 0 Å². The Morgan fingerprint density at radius 3 is 2.55 bits per heavy atom. The van der Waals surface area contributed by atoms with E-state index in [0.717, 1.165) is 6.07 Å². The van der Waals surface area contributed by atoms with Crippen LogP contribution in [0.5, 0.6) is 0 Å². The molecule has 116 valence electrons. The Balaban J connectivity index is 2.19. The number of hydrogen-bond donors (Lipinski definition) is 1. The van der Waals surface area contributed by atoms with Crippen LogP contribution in [0.1, 0.15) is 20.9 Å². The molecular formula is C11H7F3N4O3S. The zero-order chi connectivity index (χ0) is 16.5. The molecule has 0 unspecified atom stereocenters. The van der Waals surface area contributed by atoms with Crippen molar-refractivity contribution >= 4 is 28.1 Å². The van der Waals surface area contributed by atoms with Crippen LogP contribution in [0.15, 0.2) is 18.2 Å². The molecule has 0 radical (unpaired) electrons. The topological polar surface area (TPSA) is 98.0 Å². The van der Waals surface area contributed by atoms with E-state index < -0.39 is 22.0 Å². The van der Waals surface area contributed by atoms with Gasteiger partial charge in [-0.15, -0.1) is 10.2 Å². The Labute approximate surface area is 124 Å². The van der Waals surface area contributed by atoms with Crippen LogP contribution in [-0.4, -0.2) is 21.0 Å². The van der Waals surface area contributed by atoms with Gasteiger partial charge in [0.25, 0.3) is 11.6 Å². The standard InChI is InChI=1S/C11H7F3N4O3S/c1-5-4-6(18(20)21)2-3-7(5)8(19)15-10-17-16-9(22-10)11(12,13)14/h2-4H,1H3,(H,15,17,19). The van der Waals surface area contributed by atoms with Crippen LogP contribution in [0.3, 0.4) is 0 Å². The van der Waals surface area contributed by atoms with E-state index in [1.165, 1.54) is 19.1 Å². The number of nitro benzene ring substituents is 1. The number of hydrogen-bond acceptors (Lipinski definition) is 6. The van der Waals surface area contributed by atoms with Gasteiger partial charge in [-0.3, -0.25) is 20.2 Å². The summed E-state index contributed by atoms with van der Waals surface area (Å²) >= 11 is 0.189. The summed E-state index contributed by atoms with van der Waals surface area (Å²) in [5, 5.41) is 17.5. The number of non-ortho nitro benzene ring substituents is 1. The lowest BCUT2D eigenvalue weighted by Gasteiger charge is -2.04. The highest BCUT2D eigenvalue weighted by molar-refractivity contribution is 7.15. The first-order valence-corrected chi connectivity index (χ1v) is 6.47. The Hall–Kier alpha value is -2.56.